The highest BCUT2D eigenvalue weighted by atomic mass is 35.5. The molecule has 0 saturated carbocycles. The van der Waals surface area contributed by atoms with Crippen molar-refractivity contribution >= 4 is 40.6 Å². The number of carbonyl (C=O) groups is 2. The second-order valence-corrected chi connectivity index (χ2v) is 6.86. The van der Waals surface area contributed by atoms with Crippen LogP contribution in [-0.2, 0) is 9.59 Å². The van der Waals surface area contributed by atoms with E-state index < -0.39 is 35.3 Å². The molecule has 0 bridgehead atoms. The van der Waals surface area contributed by atoms with Crippen molar-refractivity contribution in [2.45, 2.75) is 12.8 Å². The van der Waals surface area contributed by atoms with E-state index >= 15 is 0 Å². The number of benzene rings is 2. The standard InChI is InChI=1S/C20H14Cl2FN3O2/c1-11(27)18(20(28)26-15-5-3-14(23)4-6-15)19(12(9-24)10-25)16-7-2-13(21)8-17(16)22/h2-8,12,18-19H,1H3,(H,26,28). The average Bonchev–Trinajstić information content (AvgIpc) is 2.63. The van der Waals surface area contributed by atoms with Gasteiger partial charge in [-0.3, -0.25) is 9.59 Å². The Morgan fingerprint density at radius 1 is 1.07 bits per heavy atom. The van der Waals surface area contributed by atoms with Crippen LogP contribution in [0.1, 0.15) is 18.4 Å². The number of halogens is 3. The van der Waals surface area contributed by atoms with Crippen LogP contribution in [0.5, 0.6) is 0 Å². The van der Waals surface area contributed by atoms with Crippen LogP contribution in [0, 0.1) is 40.3 Å². The maximum absolute atomic E-state index is 13.1. The van der Waals surface area contributed by atoms with Crippen LogP contribution < -0.4 is 5.32 Å². The van der Waals surface area contributed by atoms with Crippen LogP contribution in [0.15, 0.2) is 42.5 Å². The van der Waals surface area contributed by atoms with Crippen molar-refractivity contribution in [3.63, 3.8) is 0 Å². The number of Topliss-reactive ketones (excluding diaryl/α,β-unsaturated/α-hetero) is 1. The molecule has 2 aromatic carbocycles. The number of amides is 1. The van der Waals surface area contributed by atoms with Gasteiger partial charge in [-0.05, 0) is 48.9 Å². The first-order valence-electron chi connectivity index (χ1n) is 8.09. The summed E-state index contributed by atoms with van der Waals surface area (Å²) in [5, 5.41) is 21.8. The molecule has 0 aliphatic rings. The van der Waals surface area contributed by atoms with Crippen molar-refractivity contribution in [1.29, 1.82) is 10.5 Å². The Bertz CT molecular complexity index is 966. The van der Waals surface area contributed by atoms with Crippen LogP contribution in [0.25, 0.3) is 0 Å². The molecule has 0 saturated heterocycles. The van der Waals surface area contributed by atoms with Gasteiger partial charge in [0.1, 0.15) is 23.4 Å². The molecule has 0 heterocycles. The summed E-state index contributed by atoms with van der Waals surface area (Å²) in [5.74, 6) is -5.56. The number of ketones is 1. The highest BCUT2D eigenvalue weighted by Crippen LogP contribution is 2.38. The summed E-state index contributed by atoms with van der Waals surface area (Å²) in [7, 11) is 0. The molecular formula is C20H14Cl2FN3O2. The minimum atomic E-state index is -1.37. The summed E-state index contributed by atoms with van der Waals surface area (Å²) in [4.78, 5) is 25.2. The third-order valence-corrected chi connectivity index (χ3v) is 4.71. The quantitative estimate of drug-likeness (QED) is 0.687. The van der Waals surface area contributed by atoms with Crippen molar-refractivity contribution in [1.82, 2.24) is 0 Å². The monoisotopic (exact) mass is 417 g/mol. The molecule has 8 heteroatoms. The molecule has 0 aliphatic heterocycles. The predicted octanol–water partition coefficient (Wildman–Crippen LogP) is 4.72. The number of rotatable bonds is 6. The number of nitriles is 2. The lowest BCUT2D eigenvalue weighted by Crippen LogP contribution is -2.36. The maximum Gasteiger partial charge on any atom is 0.235 e. The zero-order chi connectivity index (χ0) is 20.8. The van der Waals surface area contributed by atoms with Crippen molar-refractivity contribution < 1.29 is 14.0 Å². The highest BCUT2D eigenvalue weighted by Gasteiger charge is 2.40. The Morgan fingerprint density at radius 2 is 1.68 bits per heavy atom. The molecule has 1 N–H and O–H groups in total. The smallest absolute Gasteiger partial charge is 0.235 e. The fraction of sp³-hybridized carbons (Fsp3) is 0.200. The van der Waals surface area contributed by atoms with Crippen molar-refractivity contribution in [2.24, 2.45) is 11.8 Å². The van der Waals surface area contributed by atoms with Gasteiger partial charge in [-0.25, -0.2) is 4.39 Å². The van der Waals surface area contributed by atoms with Crippen LogP contribution >= 0.6 is 23.2 Å². The second kappa shape index (κ2) is 9.32. The number of nitrogens with one attached hydrogen (secondary N) is 1. The highest BCUT2D eigenvalue weighted by molar-refractivity contribution is 6.35. The van der Waals surface area contributed by atoms with Crippen LogP contribution in [-0.4, -0.2) is 11.7 Å². The van der Waals surface area contributed by atoms with E-state index in [-0.39, 0.29) is 16.3 Å². The molecule has 0 aliphatic carbocycles. The van der Waals surface area contributed by atoms with E-state index in [9.17, 15) is 24.5 Å². The summed E-state index contributed by atoms with van der Waals surface area (Å²) in [6.07, 6.45) is 0. The van der Waals surface area contributed by atoms with Gasteiger partial charge in [0, 0.05) is 21.7 Å². The molecule has 28 heavy (non-hydrogen) atoms. The Labute approximate surface area is 171 Å². The molecule has 0 radical (unpaired) electrons. The van der Waals surface area contributed by atoms with E-state index in [2.05, 4.69) is 5.32 Å². The lowest BCUT2D eigenvalue weighted by molar-refractivity contribution is -0.131. The molecule has 2 rings (SSSR count). The SMILES string of the molecule is CC(=O)C(C(=O)Nc1ccc(F)cc1)C(c1ccc(Cl)cc1Cl)C(C#N)C#N. The number of hydrogen-bond donors (Lipinski definition) is 1. The van der Waals surface area contributed by atoms with Gasteiger partial charge in [0.2, 0.25) is 5.91 Å². The number of anilines is 1. The van der Waals surface area contributed by atoms with Crippen molar-refractivity contribution in [3.8, 4) is 12.1 Å². The number of carbonyl (C=O) groups excluding carboxylic acids is 2. The Balaban J connectivity index is 2.51. The summed E-state index contributed by atoms with van der Waals surface area (Å²) >= 11 is 12.1. The minimum Gasteiger partial charge on any atom is -0.325 e. The van der Waals surface area contributed by atoms with E-state index in [0.29, 0.717) is 5.02 Å². The molecule has 0 fully saturated rings. The van der Waals surface area contributed by atoms with E-state index in [0.717, 1.165) is 12.1 Å². The second-order valence-electron chi connectivity index (χ2n) is 6.01. The maximum atomic E-state index is 13.1. The Kier molecular flexibility index (Phi) is 7.12. The van der Waals surface area contributed by atoms with Crippen molar-refractivity contribution in [2.75, 3.05) is 5.32 Å². The van der Waals surface area contributed by atoms with Gasteiger partial charge >= 0.3 is 0 Å². The average molecular weight is 418 g/mol. The third-order valence-electron chi connectivity index (χ3n) is 4.15. The molecule has 2 aromatic rings. The van der Waals surface area contributed by atoms with Gasteiger partial charge in [0.25, 0.3) is 0 Å². The zero-order valence-electron chi connectivity index (χ0n) is 14.6. The van der Waals surface area contributed by atoms with E-state index in [1.807, 2.05) is 12.1 Å². The van der Waals surface area contributed by atoms with Crippen LogP contribution in [0.3, 0.4) is 0 Å². The lowest BCUT2D eigenvalue weighted by Gasteiger charge is -2.26. The van der Waals surface area contributed by atoms with Gasteiger partial charge in [-0.2, -0.15) is 10.5 Å². The number of nitrogens with zero attached hydrogens (tertiary/aromatic N) is 2. The summed E-state index contributed by atoms with van der Waals surface area (Å²) in [6.45, 7) is 1.19. The molecule has 2 unspecified atom stereocenters. The van der Waals surface area contributed by atoms with Gasteiger partial charge in [0.05, 0.1) is 12.1 Å². The van der Waals surface area contributed by atoms with Gasteiger partial charge in [-0.1, -0.05) is 29.3 Å². The van der Waals surface area contributed by atoms with Gasteiger partial charge in [-0.15, -0.1) is 0 Å². The normalized spacial score (nSPS) is 12.5. The molecule has 0 aromatic heterocycles. The van der Waals surface area contributed by atoms with Crippen molar-refractivity contribution in [3.05, 3.63) is 63.9 Å². The molecule has 1 amide bonds. The van der Waals surface area contributed by atoms with Crippen LogP contribution in [0.4, 0.5) is 10.1 Å². The lowest BCUT2D eigenvalue weighted by atomic mass is 9.75. The molecular weight excluding hydrogens is 404 g/mol. The topological polar surface area (TPSA) is 93.8 Å². The largest absolute Gasteiger partial charge is 0.325 e. The van der Waals surface area contributed by atoms with E-state index in [1.165, 1.54) is 37.3 Å². The fourth-order valence-corrected chi connectivity index (χ4v) is 3.40. The molecule has 2 atom stereocenters. The summed E-state index contributed by atoms with van der Waals surface area (Å²) in [5.41, 5.74) is 0.553. The fourth-order valence-electron chi connectivity index (χ4n) is 2.87. The molecule has 5 nitrogen and oxygen atoms in total. The summed E-state index contributed by atoms with van der Waals surface area (Å²) < 4.78 is 13.1. The van der Waals surface area contributed by atoms with Crippen LogP contribution in [0.2, 0.25) is 10.0 Å². The van der Waals surface area contributed by atoms with Gasteiger partial charge in [0.15, 0.2) is 0 Å². The Hall–Kier alpha value is -2.93. The van der Waals surface area contributed by atoms with E-state index in [1.54, 1.807) is 0 Å². The molecule has 142 valence electrons. The third kappa shape index (κ3) is 4.86. The predicted molar refractivity (Wildman–Crippen MR) is 103 cm³/mol. The number of hydrogen-bond acceptors (Lipinski definition) is 4. The van der Waals surface area contributed by atoms with E-state index in [4.69, 9.17) is 23.2 Å². The first kappa shape index (κ1) is 21.4. The first-order valence-corrected chi connectivity index (χ1v) is 8.85. The Morgan fingerprint density at radius 3 is 2.18 bits per heavy atom. The van der Waals surface area contributed by atoms with Gasteiger partial charge < -0.3 is 5.32 Å². The summed E-state index contributed by atoms with van der Waals surface area (Å²) in [6, 6.07) is 13.0. The zero-order valence-corrected chi connectivity index (χ0v) is 16.1. The minimum absolute atomic E-state index is 0.133. The first-order chi connectivity index (χ1) is 13.3. The molecule has 0 spiro atoms.